The second kappa shape index (κ2) is 2.88. The Morgan fingerprint density at radius 1 is 1.64 bits per heavy atom. The highest BCUT2D eigenvalue weighted by molar-refractivity contribution is 7.15. The molecule has 72 valence electrons. The Morgan fingerprint density at radius 3 is 3.00 bits per heavy atom. The number of fused-ring (bicyclic) bond motifs is 1. The van der Waals surface area contributed by atoms with Gasteiger partial charge >= 0.3 is 5.00 Å². The second-order valence-electron chi connectivity index (χ2n) is 2.71. The van der Waals surface area contributed by atoms with Crippen LogP contribution in [0.3, 0.4) is 0 Å². The van der Waals surface area contributed by atoms with Crippen molar-refractivity contribution in [2.24, 2.45) is 0 Å². The first-order valence-corrected chi connectivity index (χ1v) is 4.60. The lowest BCUT2D eigenvalue weighted by Gasteiger charge is -1.91. The quantitative estimate of drug-likeness (QED) is 0.567. The summed E-state index contributed by atoms with van der Waals surface area (Å²) in [6, 6.07) is 0. The number of hydrogen-bond acceptors (Lipinski definition) is 5. The molecule has 14 heavy (non-hydrogen) atoms. The van der Waals surface area contributed by atoms with E-state index in [1.54, 1.807) is 6.92 Å². The van der Waals surface area contributed by atoms with Gasteiger partial charge in [-0.15, -0.1) is 0 Å². The fourth-order valence-corrected chi connectivity index (χ4v) is 1.97. The summed E-state index contributed by atoms with van der Waals surface area (Å²) in [7, 11) is 0. The summed E-state index contributed by atoms with van der Waals surface area (Å²) in [4.78, 5) is 27.8. The molecule has 0 amide bonds. The Bertz CT molecular complexity index is 571. The van der Waals surface area contributed by atoms with Gasteiger partial charge in [-0.1, -0.05) is 11.3 Å². The molecule has 0 aliphatic rings. The summed E-state index contributed by atoms with van der Waals surface area (Å²) >= 11 is 0.912. The molecule has 0 aliphatic carbocycles. The van der Waals surface area contributed by atoms with E-state index in [4.69, 9.17) is 0 Å². The lowest BCUT2D eigenvalue weighted by Crippen LogP contribution is -2.08. The Balaban J connectivity index is 2.92. The van der Waals surface area contributed by atoms with Gasteiger partial charge in [0.15, 0.2) is 5.52 Å². The predicted molar refractivity (Wildman–Crippen MR) is 51.6 cm³/mol. The van der Waals surface area contributed by atoms with Crippen molar-refractivity contribution in [1.29, 1.82) is 0 Å². The van der Waals surface area contributed by atoms with Crippen LogP contribution in [0.15, 0.2) is 10.2 Å². The van der Waals surface area contributed by atoms with Crippen molar-refractivity contribution in [2.45, 2.75) is 6.92 Å². The van der Waals surface area contributed by atoms with Gasteiger partial charge in [-0.2, -0.15) is 0 Å². The van der Waals surface area contributed by atoms with Crippen molar-refractivity contribution >= 4 is 27.2 Å². The molecule has 0 radical (unpaired) electrons. The van der Waals surface area contributed by atoms with Crippen molar-refractivity contribution in [3.8, 4) is 0 Å². The first kappa shape index (κ1) is 8.82. The summed E-state index contributed by atoms with van der Waals surface area (Å²) in [5, 5.41) is 12.2. The lowest BCUT2D eigenvalue weighted by atomic mass is 10.4. The highest BCUT2D eigenvalue weighted by atomic mass is 32.1. The molecular formula is C7H5N3O3S. The van der Waals surface area contributed by atoms with Gasteiger partial charge < -0.3 is 4.98 Å². The summed E-state index contributed by atoms with van der Waals surface area (Å²) < 4.78 is 0. The molecule has 0 saturated heterocycles. The molecule has 2 aromatic rings. The average Bonchev–Trinajstić information content (AvgIpc) is 2.47. The van der Waals surface area contributed by atoms with Gasteiger partial charge in [0.2, 0.25) is 0 Å². The molecule has 0 saturated carbocycles. The molecule has 2 rings (SSSR count). The van der Waals surface area contributed by atoms with E-state index in [0.717, 1.165) is 11.3 Å². The van der Waals surface area contributed by atoms with Crippen molar-refractivity contribution in [3.05, 3.63) is 31.7 Å². The highest BCUT2D eigenvalue weighted by Gasteiger charge is 2.18. The maximum absolute atomic E-state index is 11.3. The number of H-pyrrole nitrogens is 1. The van der Waals surface area contributed by atoms with Crippen LogP contribution in [0.4, 0.5) is 5.00 Å². The van der Waals surface area contributed by atoms with Crippen molar-refractivity contribution in [2.75, 3.05) is 0 Å². The summed E-state index contributed by atoms with van der Waals surface area (Å²) in [5.41, 5.74) is -0.168. The molecule has 0 bridgehead atoms. The topological polar surface area (TPSA) is 88.9 Å². The predicted octanol–water partition coefficient (Wildman–Crippen LogP) is 1.20. The second-order valence-corrected chi connectivity index (χ2v) is 3.57. The Kier molecular flexibility index (Phi) is 1.81. The number of rotatable bonds is 1. The summed E-state index contributed by atoms with van der Waals surface area (Å²) in [6.07, 6.45) is 0. The number of hydrogen-bond donors (Lipinski definition) is 1. The van der Waals surface area contributed by atoms with Gasteiger partial charge in [0.05, 0.1) is 10.3 Å². The van der Waals surface area contributed by atoms with Crippen LogP contribution in [0.5, 0.6) is 0 Å². The van der Waals surface area contributed by atoms with Crippen LogP contribution in [0.25, 0.3) is 10.9 Å². The van der Waals surface area contributed by atoms with Crippen molar-refractivity contribution in [1.82, 2.24) is 9.97 Å². The molecule has 2 aromatic heterocycles. The van der Waals surface area contributed by atoms with Crippen molar-refractivity contribution < 1.29 is 4.92 Å². The van der Waals surface area contributed by atoms with E-state index in [-0.39, 0.29) is 21.5 Å². The molecule has 0 aromatic carbocycles. The third-order valence-corrected chi connectivity index (χ3v) is 2.65. The summed E-state index contributed by atoms with van der Waals surface area (Å²) in [5.74, 6) is 0.379. The van der Waals surface area contributed by atoms with Crippen LogP contribution in [0.2, 0.25) is 0 Å². The van der Waals surface area contributed by atoms with Crippen LogP contribution in [0, 0.1) is 17.0 Å². The third kappa shape index (κ3) is 1.18. The number of nitrogens with zero attached hydrogens (tertiary/aromatic N) is 2. The van der Waals surface area contributed by atoms with E-state index in [2.05, 4.69) is 9.97 Å². The van der Waals surface area contributed by atoms with E-state index < -0.39 is 4.92 Å². The number of aromatic nitrogens is 2. The molecule has 0 fully saturated rings. The van der Waals surface area contributed by atoms with Gasteiger partial charge in [-0.25, -0.2) is 4.98 Å². The monoisotopic (exact) mass is 211 g/mol. The Hall–Kier alpha value is -1.76. The van der Waals surface area contributed by atoms with E-state index in [9.17, 15) is 14.9 Å². The van der Waals surface area contributed by atoms with E-state index in [1.165, 1.54) is 5.38 Å². The third-order valence-electron chi connectivity index (χ3n) is 1.73. The highest BCUT2D eigenvalue weighted by Crippen LogP contribution is 2.28. The molecule has 6 nitrogen and oxygen atoms in total. The fraction of sp³-hybridized carbons (Fsp3) is 0.143. The Labute approximate surface area is 81.4 Å². The van der Waals surface area contributed by atoms with Crippen LogP contribution in [-0.2, 0) is 0 Å². The average molecular weight is 211 g/mol. The molecule has 0 aliphatic heterocycles. The van der Waals surface area contributed by atoms with Crippen LogP contribution < -0.4 is 5.56 Å². The summed E-state index contributed by atoms with van der Waals surface area (Å²) in [6.45, 7) is 1.59. The zero-order valence-corrected chi connectivity index (χ0v) is 7.92. The zero-order chi connectivity index (χ0) is 10.3. The van der Waals surface area contributed by atoms with Gasteiger partial charge in [0.1, 0.15) is 5.82 Å². The standard InChI is InChI=1S/C7H5N3O3S/c1-3-8-5-4(6(11)9-3)2-14-7(5)10(12)13/h2H,1H3,(H,8,9,11). The minimum atomic E-state index is -0.529. The van der Waals surface area contributed by atoms with Crippen molar-refractivity contribution in [3.63, 3.8) is 0 Å². The van der Waals surface area contributed by atoms with E-state index >= 15 is 0 Å². The molecule has 1 N–H and O–H groups in total. The number of thiophene rings is 1. The van der Waals surface area contributed by atoms with Gasteiger partial charge in [0.25, 0.3) is 5.56 Å². The van der Waals surface area contributed by atoms with Gasteiger partial charge in [-0.05, 0) is 6.92 Å². The molecule has 0 atom stereocenters. The fourth-order valence-electron chi connectivity index (χ4n) is 1.17. The normalized spacial score (nSPS) is 10.6. The smallest absolute Gasteiger partial charge is 0.310 e. The SMILES string of the molecule is Cc1nc2c([N+](=O)[O-])scc2c(=O)[nH]1. The van der Waals surface area contributed by atoms with Crippen LogP contribution in [-0.4, -0.2) is 14.9 Å². The molecular weight excluding hydrogens is 206 g/mol. The zero-order valence-electron chi connectivity index (χ0n) is 7.10. The molecule has 0 unspecified atom stereocenters. The number of nitro groups is 1. The first-order valence-electron chi connectivity index (χ1n) is 3.72. The van der Waals surface area contributed by atoms with Gasteiger partial charge in [-0.3, -0.25) is 14.9 Å². The first-order chi connectivity index (χ1) is 6.59. The van der Waals surface area contributed by atoms with E-state index in [1.807, 2.05) is 0 Å². The van der Waals surface area contributed by atoms with E-state index in [0.29, 0.717) is 5.82 Å². The lowest BCUT2D eigenvalue weighted by molar-refractivity contribution is -0.378. The van der Waals surface area contributed by atoms with Crippen LogP contribution in [0.1, 0.15) is 5.82 Å². The van der Waals surface area contributed by atoms with Crippen LogP contribution >= 0.6 is 11.3 Å². The minimum absolute atomic E-state index is 0.0887. The number of aromatic amines is 1. The van der Waals surface area contributed by atoms with Gasteiger partial charge in [0, 0.05) is 5.38 Å². The molecule has 7 heteroatoms. The molecule has 0 spiro atoms. The number of aryl methyl sites for hydroxylation is 1. The number of nitrogens with one attached hydrogen (secondary N) is 1. The largest absolute Gasteiger partial charge is 0.350 e. The molecule has 2 heterocycles. The maximum Gasteiger partial charge on any atom is 0.350 e. The Morgan fingerprint density at radius 2 is 2.36 bits per heavy atom. The maximum atomic E-state index is 11.3. The minimum Gasteiger partial charge on any atom is -0.310 e.